The lowest BCUT2D eigenvalue weighted by atomic mass is 9.94. The van der Waals surface area contributed by atoms with E-state index in [4.69, 9.17) is 0 Å². The summed E-state index contributed by atoms with van der Waals surface area (Å²) in [6.45, 7) is 1.55. The number of benzene rings is 1. The molecule has 0 radical (unpaired) electrons. The molecule has 0 aliphatic rings. The average Bonchev–Trinajstić information content (AvgIpc) is 2.84. The minimum Gasteiger partial charge on any atom is -0.384 e. The Morgan fingerprint density at radius 1 is 1.33 bits per heavy atom. The second kappa shape index (κ2) is 5.07. The zero-order valence-electron chi connectivity index (χ0n) is 9.58. The zero-order valence-corrected chi connectivity index (χ0v) is 12.0. The van der Waals surface area contributed by atoms with Crippen LogP contribution < -0.4 is 0 Å². The van der Waals surface area contributed by atoms with Gasteiger partial charge in [-0.1, -0.05) is 6.07 Å². The third kappa shape index (κ3) is 2.63. The third-order valence-electron chi connectivity index (χ3n) is 2.71. The van der Waals surface area contributed by atoms with Gasteiger partial charge in [0.05, 0.1) is 4.47 Å². The molecule has 18 heavy (non-hydrogen) atoms. The van der Waals surface area contributed by atoms with E-state index in [9.17, 15) is 13.9 Å². The van der Waals surface area contributed by atoms with Crippen molar-refractivity contribution in [2.24, 2.45) is 0 Å². The van der Waals surface area contributed by atoms with Crippen molar-refractivity contribution >= 4 is 27.3 Å². The summed E-state index contributed by atoms with van der Waals surface area (Å²) in [6.07, 6.45) is -0.107. The molecular formula is C13H11BrF2OS. The van der Waals surface area contributed by atoms with Crippen LogP contribution in [0.4, 0.5) is 8.78 Å². The van der Waals surface area contributed by atoms with Crippen LogP contribution in [0, 0.1) is 11.6 Å². The van der Waals surface area contributed by atoms with Gasteiger partial charge in [0.25, 0.3) is 0 Å². The van der Waals surface area contributed by atoms with E-state index < -0.39 is 17.2 Å². The van der Waals surface area contributed by atoms with Crippen LogP contribution in [0.1, 0.15) is 17.4 Å². The lowest BCUT2D eigenvalue weighted by Crippen LogP contribution is -2.24. The normalized spacial score (nSPS) is 14.5. The van der Waals surface area contributed by atoms with Crippen molar-refractivity contribution in [2.45, 2.75) is 18.9 Å². The molecule has 1 heterocycles. The molecule has 0 aliphatic carbocycles. The Morgan fingerprint density at radius 3 is 2.67 bits per heavy atom. The van der Waals surface area contributed by atoms with Crippen molar-refractivity contribution in [2.75, 3.05) is 0 Å². The number of halogens is 3. The van der Waals surface area contributed by atoms with Gasteiger partial charge >= 0.3 is 0 Å². The highest BCUT2D eigenvalue weighted by Crippen LogP contribution is 2.32. The molecule has 0 spiro atoms. The number of hydrogen-bond donors (Lipinski definition) is 1. The predicted octanol–water partition coefficient (Wildman–Crippen LogP) is 4.24. The first-order valence-electron chi connectivity index (χ1n) is 5.30. The molecular weight excluding hydrogens is 322 g/mol. The molecule has 0 aliphatic heterocycles. The van der Waals surface area contributed by atoms with Gasteiger partial charge in [0.2, 0.25) is 0 Å². The molecule has 1 nitrogen and oxygen atoms in total. The summed E-state index contributed by atoms with van der Waals surface area (Å²) in [7, 11) is 0. The highest BCUT2D eigenvalue weighted by atomic mass is 79.9. The Kier molecular flexibility index (Phi) is 3.84. The van der Waals surface area contributed by atoms with Crippen LogP contribution in [0.3, 0.4) is 0 Å². The molecule has 0 amide bonds. The van der Waals surface area contributed by atoms with E-state index in [0.717, 1.165) is 0 Å². The molecule has 2 rings (SSSR count). The number of thiophene rings is 1. The van der Waals surface area contributed by atoms with E-state index >= 15 is 0 Å². The molecule has 0 saturated carbocycles. The lowest BCUT2D eigenvalue weighted by Gasteiger charge is -2.22. The van der Waals surface area contributed by atoms with Crippen LogP contribution in [-0.4, -0.2) is 5.11 Å². The Labute approximate surface area is 116 Å². The predicted molar refractivity (Wildman–Crippen MR) is 71.7 cm³/mol. The quantitative estimate of drug-likeness (QED) is 0.833. The van der Waals surface area contributed by atoms with Crippen molar-refractivity contribution in [3.05, 3.63) is 56.2 Å². The number of rotatable bonds is 3. The van der Waals surface area contributed by atoms with Crippen molar-refractivity contribution in [1.82, 2.24) is 0 Å². The van der Waals surface area contributed by atoms with Gasteiger partial charge in [-0.15, -0.1) is 11.3 Å². The minimum atomic E-state index is -1.28. The van der Waals surface area contributed by atoms with Crippen molar-refractivity contribution in [3.8, 4) is 0 Å². The van der Waals surface area contributed by atoms with E-state index in [1.165, 1.54) is 23.5 Å². The van der Waals surface area contributed by atoms with Crippen LogP contribution >= 0.6 is 27.3 Å². The summed E-state index contributed by atoms with van der Waals surface area (Å²) in [5, 5.41) is 12.1. The fourth-order valence-corrected chi connectivity index (χ4v) is 2.91. The maximum Gasteiger partial charge on any atom is 0.143 e. The smallest absolute Gasteiger partial charge is 0.143 e. The molecule has 0 saturated heterocycles. The van der Waals surface area contributed by atoms with Crippen molar-refractivity contribution < 1.29 is 13.9 Å². The maximum atomic E-state index is 13.8. The van der Waals surface area contributed by atoms with Gasteiger partial charge in [-0.3, -0.25) is 0 Å². The largest absolute Gasteiger partial charge is 0.384 e. The summed E-state index contributed by atoms with van der Waals surface area (Å²) >= 11 is 4.37. The first kappa shape index (κ1) is 13.6. The topological polar surface area (TPSA) is 20.2 Å². The number of hydrogen-bond acceptors (Lipinski definition) is 2. The van der Waals surface area contributed by atoms with Gasteiger partial charge in [-0.05, 0) is 46.4 Å². The molecule has 0 fully saturated rings. The van der Waals surface area contributed by atoms with Crippen molar-refractivity contribution in [3.63, 3.8) is 0 Å². The highest BCUT2D eigenvalue weighted by Gasteiger charge is 2.28. The van der Waals surface area contributed by atoms with Crippen LogP contribution in [0.5, 0.6) is 0 Å². The summed E-state index contributed by atoms with van der Waals surface area (Å²) in [5.74, 6) is -1.31. The molecule has 1 unspecified atom stereocenters. The molecule has 1 N–H and O–H groups in total. The molecule has 1 atom stereocenters. The minimum absolute atomic E-state index is 0.107. The van der Waals surface area contributed by atoms with E-state index in [2.05, 4.69) is 15.9 Å². The maximum absolute atomic E-state index is 13.8. The Bertz CT molecular complexity index is 552. The average molecular weight is 333 g/mol. The van der Waals surface area contributed by atoms with E-state index in [1.54, 1.807) is 19.1 Å². The molecule has 2 aromatic rings. The van der Waals surface area contributed by atoms with Gasteiger partial charge in [-0.25, -0.2) is 8.78 Å². The van der Waals surface area contributed by atoms with Gasteiger partial charge < -0.3 is 5.11 Å². The zero-order chi connectivity index (χ0) is 13.3. The summed E-state index contributed by atoms with van der Waals surface area (Å²) in [6, 6.07) is 6.04. The molecule has 1 aromatic heterocycles. The van der Waals surface area contributed by atoms with Gasteiger partial charge in [0, 0.05) is 16.9 Å². The third-order valence-corrected chi connectivity index (χ3v) is 4.45. The van der Waals surface area contributed by atoms with Crippen LogP contribution in [0.15, 0.2) is 34.1 Å². The van der Waals surface area contributed by atoms with Gasteiger partial charge in [-0.2, -0.15) is 0 Å². The molecule has 0 bridgehead atoms. The SMILES string of the molecule is CC(O)(Cc1c(F)ccc(Br)c1F)c1cccs1. The Morgan fingerprint density at radius 2 is 2.06 bits per heavy atom. The second-order valence-electron chi connectivity index (χ2n) is 4.25. The second-order valence-corrected chi connectivity index (χ2v) is 6.05. The van der Waals surface area contributed by atoms with E-state index in [1.807, 2.05) is 5.38 Å². The first-order valence-corrected chi connectivity index (χ1v) is 6.98. The summed E-state index contributed by atoms with van der Waals surface area (Å²) in [4.78, 5) is 0.682. The van der Waals surface area contributed by atoms with Gasteiger partial charge in [0.15, 0.2) is 0 Å². The standard InChI is InChI=1S/C13H11BrF2OS/c1-13(17,11-3-2-6-18-11)7-8-10(15)5-4-9(14)12(8)16/h2-6,17H,7H2,1H3. The highest BCUT2D eigenvalue weighted by molar-refractivity contribution is 9.10. The van der Waals surface area contributed by atoms with Crippen LogP contribution in [-0.2, 0) is 12.0 Å². The van der Waals surface area contributed by atoms with Crippen molar-refractivity contribution in [1.29, 1.82) is 0 Å². The van der Waals surface area contributed by atoms with E-state index in [-0.39, 0.29) is 16.5 Å². The summed E-state index contributed by atoms with van der Waals surface area (Å²) in [5.41, 5.74) is -1.39. The lowest BCUT2D eigenvalue weighted by molar-refractivity contribution is 0.0595. The molecule has 1 aromatic carbocycles. The Hall–Kier alpha value is -0.780. The molecule has 96 valence electrons. The monoisotopic (exact) mass is 332 g/mol. The first-order chi connectivity index (χ1) is 8.42. The Balaban J connectivity index is 2.38. The van der Waals surface area contributed by atoms with Gasteiger partial charge in [0.1, 0.15) is 17.2 Å². The fourth-order valence-electron chi connectivity index (χ4n) is 1.75. The fraction of sp³-hybridized carbons (Fsp3) is 0.231. The van der Waals surface area contributed by atoms with Crippen LogP contribution in [0.2, 0.25) is 0 Å². The van der Waals surface area contributed by atoms with E-state index in [0.29, 0.717) is 4.88 Å². The molecule has 5 heteroatoms. The van der Waals surface area contributed by atoms with Crippen LogP contribution in [0.25, 0.3) is 0 Å². The number of aliphatic hydroxyl groups is 1. The summed E-state index contributed by atoms with van der Waals surface area (Å²) < 4.78 is 27.7.